The van der Waals surface area contributed by atoms with E-state index in [4.69, 9.17) is 16.3 Å². The summed E-state index contributed by atoms with van der Waals surface area (Å²) in [5, 5.41) is 0.389. The molecular weight excluding hydrogens is 236 g/mol. The molecule has 0 bridgehead atoms. The lowest BCUT2D eigenvalue weighted by molar-refractivity contribution is 0.298. The average Bonchev–Trinajstić information content (AvgIpc) is 2.30. The number of benzene rings is 1. The highest BCUT2D eigenvalue weighted by molar-refractivity contribution is 6.29. The normalized spacial score (nSPS) is 10.3. The zero-order chi connectivity index (χ0) is 12.3. The smallest absolute Gasteiger partial charge is 0.147 e. The SMILES string of the molecule is Cc1ccc(OCc2cnc(Cl)cn2)c(C)c1. The first-order chi connectivity index (χ1) is 8.15. The summed E-state index contributed by atoms with van der Waals surface area (Å²) in [6.45, 7) is 4.48. The van der Waals surface area contributed by atoms with E-state index in [9.17, 15) is 0 Å². The maximum Gasteiger partial charge on any atom is 0.147 e. The number of aromatic nitrogens is 2. The first kappa shape index (κ1) is 11.9. The van der Waals surface area contributed by atoms with Crippen molar-refractivity contribution in [3.63, 3.8) is 0 Å². The predicted molar refractivity (Wildman–Crippen MR) is 67.3 cm³/mol. The predicted octanol–water partition coefficient (Wildman–Crippen LogP) is 3.33. The van der Waals surface area contributed by atoms with Crippen molar-refractivity contribution in [3.05, 3.63) is 52.6 Å². The third kappa shape index (κ3) is 3.17. The van der Waals surface area contributed by atoms with Crippen molar-refractivity contribution in [2.45, 2.75) is 20.5 Å². The van der Waals surface area contributed by atoms with Gasteiger partial charge in [-0.1, -0.05) is 29.3 Å². The Morgan fingerprint density at radius 3 is 2.65 bits per heavy atom. The van der Waals surface area contributed by atoms with Crippen LogP contribution in [0.15, 0.2) is 30.6 Å². The van der Waals surface area contributed by atoms with Gasteiger partial charge in [0.2, 0.25) is 0 Å². The van der Waals surface area contributed by atoms with E-state index in [2.05, 4.69) is 23.0 Å². The molecule has 0 radical (unpaired) electrons. The molecular formula is C13H13ClN2O. The third-order valence-corrected chi connectivity index (χ3v) is 2.57. The molecule has 0 amide bonds. The fourth-order valence-electron chi connectivity index (χ4n) is 1.53. The van der Waals surface area contributed by atoms with Gasteiger partial charge in [-0.05, 0) is 25.5 Å². The zero-order valence-electron chi connectivity index (χ0n) is 9.77. The van der Waals surface area contributed by atoms with E-state index in [-0.39, 0.29) is 0 Å². The molecule has 2 rings (SSSR count). The Morgan fingerprint density at radius 2 is 2.00 bits per heavy atom. The molecule has 1 aromatic carbocycles. The summed E-state index contributed by atoms with van der Waals surface area (Å²) in [6.07, 6.45) is 3.13. The van der Waals surface area contributed by atoms with Crippen LogP contribution in [0.4, 0.5) is 0 Å². The van der Waals surface area contributed by atoms with E-state index in [0.717, 1.165) is 17.0 Å². The van der Waals surface area contributed by atoms with Crippen LogP contribution in [0.25, 0.3) is 0 Å². The Labute approximate surface area is 105 Å². The Hall–Kier alpha value is -1.61. The van der Waals surface area contributed by atoms with Gasteiger partial charge in [0.1, 0.15) is 17.5 Å². The lowest BCUT2D eigenvalue weighted by Crippen LogP contribution is -2.00. The van der Waals surface area contributed by atoms with Gasteiger partial charge in [0.05, 0.1) is 18.1 Å². The lowest BCUT2D eigenvalue weighted by atomic mass is 10.1. The summed E-state index contributed by atoms with van der Waals surface area (Å²) in [7, 11) is 0. The van der Waals surface area contributed by atoms with E-state index in [0.29, 0.717) is 11.8 Å². The quantitative estimate of drug-likeness (QED) is 0.836. The van der Waals surface area contributed by atoms with Gasteiger partial charge in [-0.3, -0.25) is 4.98 Å². The number of rotatable bonds is 3. The van der Waals surface area contributed by atoms with Gasteiger partial charge in [-0.2, -0.15) is 0 Å². The Balaban J connectivity index is 2.04. The van der Waals surface area contributed by atoms with Crippen LogP contribution in [-0.2, 0) is 6.61 Å². The van der Waals surface area contributed by atoms with Gasteiger partial charge in [0.15, 0.2) is 0 Å². The molecule has 0 aliphatic heterocycles. The fraction of sp³-hybridized carbons (Fsp3) is 0.231. The van der Waals surface area contributed by atoms with Crippen LogP contribution in [0.3, 0.4) is 0 Å². The fourth-order valence-corrected chi connectivity index (χ4v) is 1.62. The number of aryl methyl sites for hydroxylation is 2. The van der Waals surface area contributed by atoms with E-state index >= 15 is 0 Å². The van der Waals surface area contributed by atoms with Gasteiger partial charge < -0.3 is 4.74 Å². The van der Waals surface area contributed by atoms with Crippen LogP contribution in [0, 0.1) is 13.8 Å². The maximum atomic E-state index is 5.67. The van der Waals surface area contributed by atoms with Gasteiger partial charge in [-0.25, -0.2) is 4.98 Å². The highest BCUT2D eigenvalue weighted by atomic mass is 35.5. The van der Waals surface area contributed by atoms with Gasteiger partial charge >= 0.3 is 0 Å². The molecule has 0 saturated carbocycles. The summed E-state index contributed by atoms with van der Waals surface area (Å²) in [5.41, 5.74) is 3.10. The van der Waals surface area contributed by atoms with E-state index < -0.39 is 0 Å². The first-order valence-electron chi connectivity index (χ1n) is 5.31. The van der Waals surface area contributed by atoms with Crippen molar-refractivity contribution in [3.8, 4) is 5.75 Å². The van der Waals surface area contributed by atoms with Crippen molar-refractivity contribution in [2.24, 2.45) is 0 Å². The summed E-state index contributed by atoms with van der Waals surface area (Å²) in [6, 6.07) is 6.08. The largest absolute Gasteiger partial charge is 0.487 e. The Bertz CT molecular complexity index is 511. The molecule has 1 aromatic heterocycles. The molecule has 2 aromatic rings. The van der Waals surface area contributed by atoms with Crippen LogP contribution in [0.2, 0.25) is 5.15 Å². The van der Waals surface area contributed by atoms with Gasteiger partial charge in [0.25, 0.3) is 0 Å². The standard InChI is InChI=1S/C13H13ClN2O/c1-9-3-4-12(10(2)5-9)17-8-11-6-16-13(14)7-15-11/h3-7H,8H2,1-2H3. The monoisotopic (exact) mass is 248 g/mol. The van der Waals surface area contributed by atoms with Crippen LogP contribution in [0.5, 0.6) is 5.75 Å². The molecule has 0 fully saturated rings. The summed E-state index contributed by atoms with van der Waals surface area (Å²) >= 11 is 5.66. The van der Waals surface area contributed by atoms with Crippen molar-refractivity contribution in [2.75, 3.05) is 0 Å². The van der Waals surface area contributed by atoms with Crippen LogP contribution in [0.1, 0.15) is 16.8 Å². The summed E-state index contributed by atoms with van der Waals surface area (Å²) in [4.78, 5) is 8.07. The molecule has 1 heterocycles. The molecule has 0 aliphatic rings. The summed E-state index contributed by atoms with van der Waals surface area (Å²) in [5.74, 6) is 0.868. The van der Waals surface area contributed by atoms with Crippen molar-refractivity contribution in [1.82, 2.24) is 9.97 Å². The molecule has 0 unspecified atom stereocenters. The number of ether oxygens (including phenoxy) is 1. The molecule has 0 spiro atoms. The number of hydrogen-bond acceptors (Lipinski definition) is 3. The lowest BCUT2D eigenvalue weighted by Gasteiger charge is -2.09. The Kier molecular flexibility index (Phi) is 3.59. The van der Waals surface area contributed by atoms with E-state index in [1.165, 1.54) is 11.8 Å². The van der Waals surface area contributed by atoms with Gasteiger partial charge in [0, 0.05) is 0 Å². The number of nitrogens with zero attached hydrogens (tertiary/aromatic N) is 2. The summed E-state index contributed by atoms with van der Waals surface area (Å²) < 4.78 is 5.67. The third-order valence-electron chi connectivity index (χ3n) is 2.38. The zero-order valence-corrected chi connectivity index (χ0v) is 10.5. The minimum Gasteiger partial charge on any atom is -0.487 e. The minimum absolute atomic E-state index is 0.389. The second kappa shape index (κ2) is 5.15. The van der Waals surface area contributed by atoms with Crippen molar-refractivity contribution in [1.29, 1.82) is 0 Å². The minimum atomic E-state index is 0.389. The highest BCUT2D eigenvalue weighted by Crippen LogP contribution is 2.19. The molecule has 0 aliphatic carbocycles. The molecule has 17 heavy (non-hydrogen) atoms. The van der Waals surface area contributed by atoms with Crippen molar-refractivity contribution >= 4 is 11.6 Å². The molecule has 3 nitrogen and oxygen atoms in total. The molecule has 4 heteroatoms. The molecule has 0 N–H and O–H groups in total. The molecule has 0 saturated heterocycles. The maximum absolute atomic E-state index is 5.67. The molecule has 88 valence electrons. The molecule has 0 atom stereocenters. The number of hydrogen-bond donors (Lipinski definition) is 0. The second-order valence-electron chi connectivity index (χ2n) is 3.89. The number of halogens is 1. The van der Waals surface area contributed by atoms with Gasteiger partial charge in [-0.15, -0.1) is 0 Å². The Morgan fingerprint density at radius 1 is 1.18 bits per heavy atom. The second-order valence-corrected chi connectivity index (χ2v) is 4.28. The first-order valence-corrected chi connectivity index (χ1v) is 5.69. The highest BCUT2D eigenvalue weighted by Gasteiger charge is 2.01. The van der Waals surface area contributed by atoms with Crippen LogP contribution in [-0.4, -0.2) is 9.97 Å². The van der Waals surface area contributed by atoms with E-state index in [1.807, 2.05) is 19.1 Å². The van der Waals surface area contributed by atoms with Crippen LogP contribution < -0.4 is 4.74 Å². The van der Waals surface area contributed by atoms with Crippen LogP contribution >= 0.6 is 11.6 Å². The topological polar surface area (TPSA) is 35.0 Å². The van der Waals surface area contributed by atoms with Crippen molar-refractivity contribution < 1.29 is 4.74 Å². The van der Waals surface area contributed by atoms with E-state index in [1.54, 1.807) is 6.20 Å². The average molecular weight is 249 g/mol.